The van der Waals surface area contributed by atoms with Gasteiger partial charge in [0.05, 0.1) is 10.5 Å². The molecule has 0 N–H and O–H groups in total. The second-order valence-corrected chi connectivity index (χ2v) is 7.48. The molecule has 0 bridgehead atoms. The second kappa shape index (κ2) is 8.64. The van der Waals surface area contributed by atoms with Crippen molar-refractivity contribution in [3.8, 4) is 11.5 Å². The summed E-state index contributed by atoms with van der Waals surface area (Å²) >= 11 is 6.23. The minimum atomic E-state index is -0.982. The first-order valence-electron chi connectivity index (χ1n) is 9.58. The molecular weight excluding hydrogens is 434 g/mol. The molecule has 3 aromatic rings. The van der Waals surface area contributed by atoms with Gasteiger partial charge < -0.3 is 9.47 Å². The minimum Gasteiger partial charge on any atom is -0.452 e. The molecule has 8 heteroatoms. The van der Waals surface area contributed by atoms with Crippen molar-refractivity contribution in [3.63, 3.8) is 0 Å². The van der Waals surface area contributed by atoms with E-state index >= 15 is 0 Å². The van der Waals surface area contributed by atoms with E-state index in [-0.39, 0.29) is 23.0 Å². The average Bonchev–Trinajstić information content (AvgIpc) is 3.12. The number of nitro benzene ring substituents is 1. The van der Waals surface area contributed by atoms with E-state index in [9.17, 15) is 19.7 Å². The molecule has 0 aromatic heterocycles. The number of allylic oxidation sites excluding steroid dienone is 1. The van der Waals surface area contributed by atoms with Crippen LogP contribution in [0.1, 0.15) is 32.4 Å². The minimum absolute atomic E-state index is 0.0514. The Morgan fingerprint density at radius 2 is 1.78 bits per heavy atom. The van der Waals surface area contributed by atoms with E-state index in [1.54, 1.807) is 31.2 Å². The maximum atomic E-state index is 12.7. The third kappa shape index (κ3) is 4.10. The molecule has 1 aliphatic rings. The van der Waals surface area contributed by atoms with Crippen LogP contribution in [0.2, 0.25) is 0 Å². The van der Waals surface area contributed by atoms with Crippen LogP contribution < -0.4 is 9.47 Å². The molecule has 7 nitrogen and oxygen atoms in total. The molecule has 1 aliphatic heterocycles. The van der Waals surface area contributed by atoms with Crippen molar-refractivity contribution in [1.29, 1.82) is 0 Å². The summed E-state index contributed by atoms with van der Waals surface area (Å²) in [7, 11) is 0. The van der Waals surface area contributed by atoms with Crippen molar-refractivity contribution in [3.05, 3.63) is 105 Å². The van der Waals surface area contributed by atoms with Crippen LogP contribution in [0, 0.1) is 17.0 Å². The summed E-state index contributed by atoms with van der Waals surface area (Å²) in [5.41, 5.74) is 1.94. The fourth-order valence-corrected chi connectivity index (χ4v) is 3.43. The normalized spacial score (nSPS) is 14.6. The Labute approximate surface area is 188 Å². The van der Waals surface area contributed by atoms with Crippen LogP contribution >= 0.6 is 11.6 Å². The van der Waals surface area contributed by atoms with E-state index in [1.807, 2.05) is 6.07 Å². The second-order valence-electron chi connectivity index (χ2n) is 7.05. The van der Waals surface area contributed by atoms with Crippen LogP contribution in [0.3, 0.4) is 0 Å². The van der Waals surface area contributed by atoms with Crippen LogP contribution in [0.5, 0.6) is 11.5 Å². The number of carbonyl (C=O) groups is 2. The van der Waals surface area contributed by atoms with E-state index in [4.69, 9.17) is 21.1 Å². The Kier molecular flexibility index (Phi) is 5.75. The third-order valence-electron chi connectivity index (χ3n) is 4.95. The Bertz CT molecular complexity index is 1250. The van der Waals surface area contributed by atoms with E-state index in [0.29, 0.717) is 28.0 Å². The zero-order valence-corrected chi connectivity index (χ0v) is 17.5. The fraction of sp³-hybridized carbons (Fsp3) is 0.0833. The molecule has 3 aromatic carbocycles. The number of carbonyl (C=O) groups excluding carboxylic acids is 2. The number of benzene rings is 3. The van der Waals surface area contributed by atoms with Gasteiger partial charge in [0, 0.05) is 17.7 Å². The van der Waals surface area contributed by atoms with Crippen molar-refractivity contribution in [2.45, 2.75) is 12.3 Å². The van der Waals surface area contributed by atoms with Crippen molar-refractivity contribution in [1.82, 2.24) is 0 Å². The molecule has 0 spiro atoms. The lowest BCUT2D eigenvalue weighted by Crippen LogP contribution is -2.15. The van der Waals surface area contributed by atoms with Crippen molar-refractivity contribution < 1.29 is 24.0 Å². The number of nitrogens with zero attached hydrogens (tertiary/aromatic N) is 1. The number of ketones is 1. The van der Waals surface area contributed by atoms with Gasteiger partial charge in [-0.2, -0.15) is 0 Å². The first kappa shape index (κ1) is 21.3. The largest absolute Gasteiger partial charge is 0.452 e. The zero-order chi connectivity index (χ0) is 22.8. The van der Waals surface area contributed by atoms with Crippen LogP contribution in [0.25, 0.3) is 6.08 Å². The number of rotatable bonds is 5. The van der Waals surface area contributed by atoms with Gasteiger partial charge >= 0.3 is 5.97 Å². The summed E-state index contributed by atoms with van der Waals surface area (Å²) in [6, 6.07) is 17.6. The molecule has 0 saturated carbocycles. The highest BCUT2D eigenvalue weighted by Gasteiger charge is 2.31. The molecule has 0 aliphatic carbocycles. The summed E-state index contributed by atoms with van der Waals surface area (Å²) < 4.78 is 11.2. The summed E-state index contributed by atoms with van der Waals surface area (Å²) in [5, 5.41) is 9.81. The number of esters is 1. The number of halogens is 1. The number of hydrogen-bond acceptors (Lipinski definition) is 6. The molecule has 0 radical (unpaired) electrons. The molecule has 32 heavy (non-hydrogen) atoms. The lowest BCUT2D eigenvalue weighted by atomic mass is 10.1. The van der Waals surface area contributed by atoms with E-state index in [2.05, 4.69) is 0 Å². The molecule has 4 rings (SSSR count). The van der Waals surface area contributed by atoms with E-state index in [0.717, 1.165) is 0 Å². The predicted molar refractivity (Wildman–Crippen MR) is 118 cm³/mol. The highest BCUT2D eigenvalue weighted by atomic mass is 35.5. The highest BCUT2D eigenvalue weighted by molar-refractivity contribution is 6.30. The summed E-state index contributed by atoms with van der Waals surface area (Å²) in [5.74, 6) is -0.385. The zero-order valence-electron chi connectivity index (χ0n) is 16.8. The van der Waals surface area contributed by atoms with Gasteiger partial charge in [0.15, 0.2) is 11.1 Å². The Morgan fingerprint density at radius 3 is 2.44 bits per heavy atom. The van der Waals surface area contributed by atoms with Gasteiger partial charge in [-0.3, -0.25) is 14.9 Å². The van der Waals surface area contributed by atoms with E-state index in [1.165, 1.54) is 42.5 Å². The number of Topliss-reactive ketones (excluding diaryl/α,β-unsaturated/α-hetero) is 1. The molecule has 1 atom stereocenters. The molecule has 1 unspecified atom stereocenters. The molecule has 0 saturated heterocycles. The maximum absolute atomic E-state index is 12.7. The van der Waals surface area contributed by atoms with Gasteiger partial charge in [-0.05, 0) is 48.4 Å². The van der Waals surface area contributed by atoms with E-state index < -0.39 is 16.3 Å². The fourth-order valence-electron chi connectivity index (χ4n) is 3.24. The number of fused-ring (bicyclic) bond motifs is 1. The SMILES string of the molecule is Cc1c(OC(=O)C(Cl)c2ccccc2)ccc2c1O/C(=C\c1ccc([N+](=O)[O-])cc1)C2=O. The van der Waals surface area contributed by atoms with Crippen molar-refractivity contribution >= 4 is 35.1 Å². The number of ether oxygens (including phenoxy) is 2. The number of non-ortho nitro benzene ring substituents is 1. The molecule has 0 fully saturated rings. The summed E-state index contributed by atoms with van der Waals surface area (Å²) in [4.78, 5) is 35.5. The van der Waals surface area contributed by atoms with Gasteiger partial charge in [0.1, 0.15) is 11.5 Å². The van der Waals surface area contributed by atoms with Gasteiger partial charge in [-0.15, -0.1) is 11.6 Å². The molecular formula is C24H16ClNO6. The lowest BCUT2D eigenvalue weighted by Gasteiger charge is -2.13. The Balaban J connectivity index is 1.56. The molecule has 1 heterocycles. The Hall–Kier alpha value is -3.97. The van der Waals surface area contributed by atoms with Gasteiger partial charge in [-0.1, -0.05) is 30.3 Å². The van der Waals surface area contributed by atoms with Crippen LogP contribution in [0.15, 0.2) is 72.5 Å². The topological polar surface area (TPSA) is 95.7 Å². The highest BCUT2D eigenvalue weighted by Crippen LogP contribution is 2.40. The number of alkyl halides is 1. The van der Waals surface area contributed by atoms with Gasteiger partial charge in [-0.25, -0.2) is 4.79 Å². The first-order valence-corrected chi connectivity index (χ1v) is 10.0. The van der Waals surface area contributed by atoms with Gasteiger partial charge in [0.25, 0.3) is 5.69 Å². The van der Waals surface area contributed by atoms with Crippen molar-refractivity contribution in [2.24, 2.45) is 0 Å². The van der Waals surface area contributed by atoms with Crippen molar-refractivity contribution in [2.75, 3.05) is 0 Å². The third-order valence-corrected chi connectivity index (χ3v) is 5.38. The van der Waals surface area contributed by atoms with Crippen LogP contribution in [-0.2, 0) is 4.79 Å². The molecule has 0 amide bonds. The standard InChI is InChI=1S/C24H16ClNO6/c1-14-19(32-24(28)21(25)16-5-3-2-4-6-16)12-11-18-22(27)20(31-23(14)18)13-15-7-9-17(10-8-15)26(29)30/h2-13,21H,1H3/b20-13-. The quantitative estimate of drug-likeness (QED) is 0.129. The monoisotopic (exact) mass is 449 g/mol. The van der Waals surface area contributed by atoms with Gasteiger partial charge in [0.2, 0.25) is 5.78 Å². The van der Waals surface area contributed by atoms with Crippen LogP contribution in [-0.4, -0.2) is 16.7 Å². The number of nitro groups is 1. The maximum Gasteiger partial charge on any atom is 0.334 e. The molecule has 160 valence electrons. The Morgan fingerprint density at radius 1 is 1.09 bits per heavy atom. The predicted octanol–water partition coefficient (Wildman–Crippen LogP) is 5.40. The summed E-state index contributed by atoms with van der Waals surface area (Å²) in [6.07, 6.45) is 1.50. The smallest absolute Gasteiger partial charge is 0.334 e. The average molecular weight is 450 g/mol. The first-order chi connectivity index (χ1) is 15.3. The number of hydrogen-bond donors (Lipinski definition) is 0. The summed E-state index contributed by atoms with van der Waals surface area (Å²) in [6.45, 7) is 1.68. The lowest BCUT2D eigenvalue weighted by molar-refractivity contribution is -0.384. The van der Waals surface area contributed by atoms with Crippen LogP contribution in [0.4, 0.5) is 5.69 Å².